The van der Waals surface area contributed by atoms with Crippen molar-refractivity contribution in [2.75, 3.05) is 5.88 Å². The highest BCUT2D eigenvalue weighted by molar-refractivity contribution is 9.10. The lowest BCUT2D eigenvalue weighted by Gasteiger charge is -2.15. The Morgan fingerprint density at radius 2 is 1.65 bits per heavy atom. The Morgan fingerprint density at radius 3 is 2.30 bits per heavy atom. The fraction of sp³-hybridized carbons (Fsp3) is 0.250. The third kappa shape index (κ3) is 4.66. The molecule has 0 bridgehead atoms. The smallest absolute Gasteiger partial charge is 0.0439 e. The van der Waals surface area contributed by atoms with Crippen molar-refractivity contribution in [2.24, 2.45) is 5.92 Å². The molecule has 106 valence electrons. The molecule has 0 nitrogen and oxygen atoms in total. The minimum atomic E-state index is 0.341. The molecule has 2 rings (SSSR count). The molecule has 0 saturated heterocycles. The molecule has 0 aliphatic heterocycles. The number of halogens is 4. The van der Waals surface area contributed by atoms with Crippen molar-refractivity contribution in [3.8, 4) is 0 Å². The maximum Gasteiger partial charge on any atom is 0.0439 e. The van der Waals surface area contributed by atoms with Crippen LogP contribution in [-0.2, 0) is 12.8 Å². The summed E-state index contributed by atoms with van der Waals surface area (Å²) in [5.41, 5.74) is 2.33. The van der Waals surface area contributed by atoms with Crippen molar-refractivity contribution < 1.29 is 0 Å². The number of hydrogen-bond acceptors (Lipinski definition) is 0. The molecule has 0 spiro atoms. The zero-order chi connectivity index (χ0) is 14.5. The monoisotopic (exact) mass is 390 g/mol. The summed E-state index contributed by atoms with van der Waals surface area (Å²) in [5, 5.41) is 1.46. The molecule has 0 fully saturated rings. The second-order valence-electron chi connectivity index (χ2n) is 4.79. The number of hydrogen-bond donors (Lipinski definition) is 0. The first-order valence-corrected chi connectivity index (χ1v) is 8.41. The average molecular weight is 393 g/mol. The van der Waals surface area contributed by atoms with E-state index in [1.54, 1.807) is 6.07 Å². The van der Waals surface area contributed by atoms with Gasteiger partial charge in [0.1, 0.15) is 0 Å². The van der Waals surface area contributed by atoms with Gasteiger partial charge in [-0.25, -0.2) is 0 Å². The Hall–Kier alpha value is -0.210. The maximum absolute atomic E-state index is 6.21. The summed E-state index contributed by atoms with van der Waals surface area (Å²) >= 11 is 21.8. The molecule has 4 heteroatoms. The van der Waals surface area contributed by atoms with E-state index in [1.165, 1.54) is 5.56 Å². The van der Waals surface area contributed by atoms with Crippen LogP contribution in [0.3, 0.4) is 0 Å². The van der Waals surface area contributed by atoms with E-state index in [1.807, 2.05) is 24.3 Å². The van der Waals surface area contributed by atoms with Gasteiger partial charge in [-0.2, -0.15) is 0 Å². The van der Waals surface area contributed by atoms with Crippen molar-refractivity contribution in [1.29, 1.82) is 0 Å². The van der Waals surface area contributed by atoms with E-state index in [4.69, 9.17) is 34.8 Å². The van der Waals surface area contributed by atoms with Crippen LogP contribution < -0.4 is 0 Å². The molecular weight excluding hydrogens is 378 g/mol. The van der Waals surface area contributed by atoms with Gasteiger partial charge >= 0.3 is 0 Å². The fourth-order valence-electron chi connectivity index (χ4n) is 2.15. The van der Waals surface area contributed by atoms with Crippen LogP contribution in [0.4, 0.5) is 0 Å². The van der Waals surface area contributed by atoms with E-state index in [2.05, 4.69) is 28.1 Å². The summed E-state index contributed by atoms with van der Waals surface area (Å²) in [7, 11) is 0. The number of alkyl halides is 1. The van der Waals surface area contributed by atoms with Crippen LogP contribution in [0.1, 0.15) is 11.1 Å². The van der Waals surface area contributed by atoms with Gasteiger partial charge in [0.15, 0.2) is 0 Å². The molecule has 2 aromatic rings. The van der Waals surface area contributed by atoms with Crippen LogP contribution in [0.5, 0.6) is 0 Å². The lowest BCUT2D eigenvalue weighted by molar-refractivity contribution is 0.584. The van der Waals surface area contributed by atoms with E-state index in [0.717, 1.165) is 27.9 Å². The minimum Gasteiger partial charge on any atom is -0.126 e. The second kappa shape index (κ2) is 7.70. The van der Waals surface area contributed by atoms with Crippen LogP contribution in [0.15, 0.2) is 46.9 Å². The molecule has 0 amide bonds. The summed E-state index contributed by atoms with van der Waals surface area (Å²) in [6.45, 7) is 0. The third-order valence-electron chi connectivity index (χ3n) is 3.17. The first-order chi connectivity index (χ1) is 9.58. The fourth-order valence-corrected chi connectivity index (χ4v) is 3.02. The predicted octanol–water partition coefficient (Wildman–Crippen LogP) is 6.40. The van der Waals surface area contributed by atoms with E-state index >= 15 is 0 Å². The second-order valence-corrected chi connectivity index (χ2v) is 6.86. The molecular formula is C16H14BrCl3. The number of benzene rings is 2. The highest BCUT2D eigenvalue weighted by Gasteiger charge is 2.12. The first-order valence-electron chi connectivity index (χ1n) is 6.33. The van der Waals surface area contributed by atoms with Crippen LogP contribution in [0.2, 0.25) is 10.0 Å². The molecule has 1 unspecified atom stereocenters. The molecule has 1 atom stereocenters. The Morgan fingerprint density at radius 1 is 0.950 bits per heavy atom. The van der Waals surface area contributed by atoms with Crippen molar-refractivity contribution >= 4 is 50.7 Å². The molecule has 0 aliphatic carbocycles. The highest BCUT2D eigenvalue weighted by Crippen LogP contribution is 2.25. The van der Waals surface area contributed by atoms with Gasteiger partial charge < -0.3 is 0 Å². The molecule has 0 heterocycles. The van der Waals surface area contributed by atoms with Crippen molar-refractivity contribution in [3.05, 3.63) is 68.1 Å². The summed E-state index contributed by atoms with van der Waals surface area (Å²) in [6, 6.07) is 13.9. The van der Waals surface area contributed by atoms with Gasteiger partial charge in [0.2, 0.25) is 0 Å². The van der Waals surface area contributed by atoms with Gasteiger partial charge in [-0.05, 0) is 60.2 Å². The van der Waals surface area contributed by atoms with E-state index in [0.29, 0.717) is 16.8 Å². The van der Waals surface area contributed by atoms with Crippen LogP contribution in [0.25, 0.3) is 0 Å². The van der Waals surface area contributed by atoms with Gasteiger partial charge in [-0.15, -0.1) is 11.6 Å². The highest BCUT2D eigenvalue weighted by atomic mass is 79.9. The maximum atomic E-state index is 6.21. The van der Waals surface area contributed by atoms with Gasteiger partial charge in [-0.1, -0.05) is 51.3 Å². The van der Waals surface area contributed by atoms with Gasteiger partial charge in [0.25, 0.3) is 0 Å². The molecule has 0 saturated carbocycles. The Kier molecular flexibility index (Phi) is 6.22. The lowest BCUT2D eigenvalue weighted by Crippen LogP contribution is -2.10. The average Bonchev–Trinajstić information content (AvgIpc) is 2.44. The molecule has 0 N–H and O–H groups in total. The SMILES string of the molecule is ClCC(Cc1ccc(Br)cc1)Cc1cc(Cl)ccc1Cl. The topological polar surface area (TPSA) is 0 Å². The number of rotatable bonds is 5. The predicted molar refractivity (Wildman–Crippen MR) is 92.2 cm³/mol. The van der Waals surface area contributed by atoms with Crippen molar-refractivity contribution in [1.82, 2.24) is 0 Å². The van der Waals surface area contributed by atoms with Crippen molar-refractivity contribution in [3.63, 3.8) is 0 Å². The molecule has 0 radical (unpaired) electrons. The van der Waals surface area contributed by atoms with Gasteiger partial charge in [-0.3, -0.25) is 0 Å². The Bertz CT molecular complexity index is 566. The molecule has 20 heavy (non-hydrogen) atoms. The lowest BCUT2D eigenvalue weighted by atomic mass is 9.94. The van der Waals surface area contributed by atoms with Crippen LogP contribution >= 0.6 is 50.7 Å². The molecule has 2 aromatic carbocycles. The Labute approximate surface area is 143 Å². The van der Waals surface area contributed by atoms with E-state index in [9.17, 15) is 0 Å². The zero-order valence-electron chi connectivity index (χ0n) is 10.8. The summed E-state index contributed by atoms with van der Waals surface area (Å²) in [4.78, 5) is 0. The first kappa shape index (κ1) is 16.2. The molecule has 0 aromatic heterocycles. The summed E-state index contributed by atoms with van der Waals surface area (Å²) in [6.07, 6.45) is 1.76. The van der Waals surface area contributed by atoms with Gasteiger partial charge in [0, 0.05) is 20.4 Å². The molecule has 0 aliphatic rings. The summed E-state index contributed by atoms with van der Waals surface area (Å²) in [5.74, 6) is 0.938. The van der Waals surface area contributed by atoms with Gasteiger partial charge in [0.05, 0.1) is 0 Å². The Balaban J connectivity index is 2.08. The largest absolute Gasteiger partial charge is 0.126 e. The standard InChI is InChI=1S/C16H14BrCl3/c17-14-3-1-11(2-4-14)7-12(10-18)8-13-9-15(19)5-6-16(13)20/h1-6,9,12H,7-8,10H2. The van der Waals surface area contributed by atoms with E-state index < -0.39 is 0 Å². The minimum absolute atomic E-state index is 0.341. The van der Waals surface area contributed by atoms with Crippen LogP contribution in [-0.4, -0.2) is 5.88 Å². The third-order valence-corrected chi connectivity index (χ3v) is 4.74. The zero-order valence-corrected chi connectivity index (χ0v) is 14.6. The summed E-state index contributed by atoms with van der Waals surface area (Å²) < 4.78 is 1.08. The van der Waals surface area contributed by atoms with Crippen molar-refractivity contribution in [2.45, 2.75) is 12.8 Å². The van der Waals surface area contributed by atoms with E-state index in [-0.39, 0.29) is 0 Å². The quantitative estimate of drug-likeness (QED) is 0.517. The van der Waals surface area contributed by atoms with Crippen LogP contribution in [0, 0.1) is 5.92 Å². The normalized spacial score (nSPS) is 12.4.